The highest BCUT2D eigenvalue weighted by Crippen LogP contribution is 2.26. The van der Waals surface area contributed by atoms with Crippen LogP contribution in [0, 0.1) is 18.3 Å². The lowest BCUT2D eigenvalue weighted by Crippen LogP contribution is -2.11. The third-order valence-corrected chi connectivity index (χ3v) is 3.82. The molecule has 1 unspecified atom stereocenters. The average molecular weight is 322 g/mol. The maximum atomic E-state index is 9.10. The maximum absolute atomic E-state index is 9.10. The van der Waals surface area contributed by atoms with Crippen molar-refractivity contribution in [1.29, 1.82) is 5.26 Å². The van der Waals surface area contributed by atoms with Crippen LogP contribution in [-0.2, 0) is 6.42 Å². The van der Waals surface area contributed by atoms with E-state index in [0.717, 1.165) is 24.2 Å². The van der Waals surface area contributed by atoms with Crippen LogP contribution in [0.3, 0.4) is 0 Å². The third kappa shape index (κ3) is 2.91. The first-order chi connectivity index (χ1) is 11.6. The van der Waals surface area contributed by atoms with Gasteiger partial charge in [-0.05, 0) is 32.4 Å². The molecule has 0 saturated carbocycles. The van der Waals surface area contributed by atoms with E-state index in [1.165, 1.54) is 0 Å². The fourth-order valence-corrected chi connectivity index (χ4v) is 2.63. The fourth-order valence-electron chi connectivity index (χ4n) is 2.63. The molecule has 0 amide bonds. The number of nitrogens with zero attached hydrogens (tertiary/aromatic N) is 6. The first-order valence-corrected chi connectivity index (χ1v) is 7.88. The quantitative estimate of drug-likeness (QED) is 0.716. The molecule has 3 aromatic rings. The Hall–Kier alpha value is -3.01. The lowest BCUT2D eigenvalue weighted by molar-refractivity contribution is 0.341. The lowest BCUT2D eigenvalue weighted by Gasteiger charge is -2.13. The molecular weight excluding hydrogens is 304 g/mol. The summed E-state index contributed by atoms with van der Waals surface area (Å²) >= 11 is 0. The molecule has 0 aliphatic carbocycles. The molecule has 0 saturated heterocycles. The van der Waals surface area contributed by atoms with Crippen LogP contribution in [0.5, 0.6) is 0 Å². The van der Waals surface area contributed by atoms with Gasteiger partial charge >= 0.3 is 0 Å². The monoisotopic (exact) mass is 322 g/mol. The Bertz CT molecular complexity index is 889. The second-order valence-electron chi connectivity index (χ2n) is 5.61. The summed E-state index contributed by atoms with van der Waals surface area (Å²) in [5.41, 5.74) is 1.41. The van der Waals surface area contributed by atoms with E-state index in [0.29, 0.717) is 23.1 Å². The van der Waals surface area contributed by atoms with Crippen LogP contribution >= 0.6 is 0 Å². The van der Waals surface area contributed by atoms with Gasteiger partial charge in [-0.15, -0.1) is 10.2 Å². The highest BCUT2D eigenvalue weighted by atomic mass is 16.5. The van der Waals surface area contributed by atoms with Gasteiger partial charge in [0.25, 0.3) is 0 Å². The molecule has 0 aliphatic heterocycles. The zero-order valence-corrected chi connectivity index (χ0v) is 13.9. The molecule has 0 aliphatic rings. The molecule has 0 N–H and O–H groups in total. The van der Waals surface area contributed by atoms with Gasteiger partial charge in [-0.25, -0.2) is 0 Å². The van der Waals surface area contributed by atoms with E-state index in [1.54, 1.807) is 12.1 Å². The van der Waals surface area contributed by atoms with Crippen molar-refractivity contribution < 1.29 is 4.52 Å². The number of hydrogen-bond acceptors (Lipinski definition) is 6. The molecule has 7 nitrogen and oxygen atoms in total. The van der Waals surface area contributed by atoms with Crippen molar-refractivity contribution in [2.75, 3.05) is 0 Å². The molecule has 0 fully saturated rings. The second-order valence-corrected chi connectivity index (χ2v) is 5.61. The van der Waals surface area contributed by atoms with Gasteiger partial charge in [-0.3, -0.25) is 4.57 Å². The molecule has 2 aromatic heterocycles. The summed E-state index contributed by atoms with van der Waals surface area (Å²) in [5.74, 6) is 2.65. The normalized spacial score (nSPS) is 12.1. The predicted octanol–water partition coefficient (Wildman–Crippen LogP) is 3.07. The van der Waals surface area contributed by atoms with Crippen LogP contribution in [0.4, 0.5) is 0 Å². The van der Waals surface area contributed by atoms with Crippen LogP contribution in [-0.4, -0.2) is 24.9 Å². The number of aromatic nitrogens is 5. The highest BCUT2D eigenvalue weighted by Gasteiger charge is 2.22. The minimum absolute atomic E-state index is 0.196. The van der Waals surface area contributed by atoms with Crippen LogP contribution in [0.2, 0.25) is 0 Å². The standard InChI is InChI=1S/C17H18N6O/c1-4-6-15-19-17(24-22-15)11(2)23-12(3)20-21-16(23)14-8-5-7-13(9-14)10-18/h5,7-9,11H,4,6H2,1-3H3. The summed E-state index contributed by atoms with van der Waals surface area (Å²) in [6.07, 6.45) is 1.75. The van der Waals surface area contributed by atoms with Crippen molar-refractivity contribution in [3.8, 4) is 17.5 Å². The molecule has 0 radical (unpaired) electrons. The molecule has 0 bridgehead atoms. The molecular formula is C17H18N6O. The van der Waals surface area contributed by atoms with E-state index in [4.69, 9.17) is 9.78 Å². The van der Waals surface area contributed by atoms with Crippen molar-refractivity contribution >= 4 is 0 Å². The van der Waals surface area contributed by atoms with Gasteiger partial charge in [-0.1, -0.05) is 24.2 Å². The number of benzene rings is 1. The van der Waals surface area contributed by atoms with Gasteiger partial charge in [-0.2, -0.15) is 10.2 Å². The molecule has 1 atom stereocenters. The molecule has 1 aromatic carbocycles. The third-order valence-electron chi connectivity index (χ3n) is 3.82. The van der Waals surface area contributed by atoms with Gasteiger partial charge in [0.15, 0.2) is 11.6 Å². The Morgan fingerprint density at radius 2 is 2.17 bits per heavy atom. The van der Waals surface area contributed by atoms with E-state index < -0.39 is 0 Å². The zero-order chi connectivity index (χ0) is 17.1. The Balaban J connectivity index is 2.01. The van der Waals surface area contributed by atoms with Crippen molar-refractivity contribution in [1.82, 2.24) is 24.9 Å². The summed E-state index contributed by atoms with van der Waals surface area (Å²) in [4.78, 5) is 4.46. The van der Waals surface area contributed by atoms with Gasteiger partial charge in [0.2, 0.25) is 5.89 Å². The van der Waals surface area contributed by atoms with Crippen LogP contribution in [0.25, 0.3) is 11.4 Å². The topological polar surface area (TPSA) is 93.4 Å². The highest BCUT2D eigenvalue weighted by molar-refractivity contribution is 5.58. The smallest absolute Gasteiger partial charge is 0.249 e. The van der Waals surface area contributed by atoms with Gasteiger partial charge < -0.3 is 4.52 Å². The summed E-state index contributed by atoms with van der Waals surface area (Å²) in [6, 6.07) is 9.24. The number of hydrogen-bond donors (Lipinski definition) is 0. The fraction of sp³-hybridized carbons (Fsp3) is 0.353. The maximum Gasteiger partial charge on any atom is 0.249 e. The van der Waals surface area contributed by atoms with E-state index >= 15 is 0 Å². The zero-order valence-electron chi connectivity index (χ0n) is 13.9. The van der Waals surface area contributed by atoms with E-state index in [9.17, 15) is 0 Å². The Morgan fingerprint density at radius 1 is 1.33 bits per heavy atom. The molecule has 2 heterocycles. The van der Waals surface area contributed by atoms with Crippen molar-refractivity contribution in [2.24, 2.45) is 0 Å². The summed E-state index contributed by atoms with van der Waals surface area (Å²) in [5, 5.41) is 21.6. The predicted molar refractivity (Wildman–Crippen MR) is 87.0 cm³/mol. The first-order valence-electron chi connectivity index (χ1n) is 7.88. The van der Waals surface area contributed by atoms with Crippen molar-refractivity contribution in [3.63, 3.8) is 0 Å². The minimum Gasteiger partial charge on any atom is -0.337 e. The second kappa shape index (κ2) is 6.62. The SMILES string of the molecule is CCCc1noc(C(C)n2c(C)nnc2-c2cccc(C#N)c2)n1. The van der Waals surface area contributed by atoms with Crippen molar-refractivity contribution in [3.05, 3.63) is 47.4 Å². The van der Waals surface area contributed by atoms with E-state index in [2.05, 4.69) is 33.3 Å². The van der Waals surface area contributed by atoms with E-state index in [1.807, 2.05) is 30.5 Å². The van der Waals surface area contributed by atoms with Crippen LogP contribution in [0.1, 0.15) is 49.4 Å². The summed E-state index contributed by atoms with van der Waals surface area (Å²) < 4.78 is 7.35. The van der Waals surface area contributed by atoms with Gasteiger partial charge in [0, 0.05) is 12.0 Å². The Labute approximate surface area is 140 Å². The van der Waals surface area contributed by atoms with Crippen LogP contribution in [0.15, 0.2) is 28.8 Å². The van der Waals surface area contributed by atoms with Gasteiger partial charge in [0.05, 0.1) is 11.6 Å². The molecule has 7 heteroatoms. The Kier molecular flexibility index (Phi) is 4.38. The number of rotatable bonds is 5. The minimum atomic E-state index is -0.196. The van der Waals surface area contributed by atoms with Crippen LogP contribution < -0.4 is 0 Å². The summed E-state index contributed by atoms with van der Waals surface area (Å²) in [7, 11) is 0. The van der Waals surface area contributed by atoms with Gasteiger partial charge in [0.1, 0.15) is 11.9 Å². The first kappa shape index (κ1) is 15.9. The number of aryl methyl sites for hydroxylation is 2. The molecule has 24 heavy (non-hydrogen) atoms. The lowest BCUT2D eigenvalue weighted by atomic mass is 10.1. The largest absolute Gasteiger partial charge is 0.337 e. The van der Waals surface area contributed by atoms with Crippen molar-refractivity contribution in [2.45, 2.75) is 39.7 Å². The number of nitriles is 1. The Morgan fingerprint density at radius 3 is 2.92 bits per heavy atom. The molecule has 122 valence electrons. The average Bonchev–Trinajstić information content (AvgIpc) is 3.21. The van der Waals surface area contributed by atoms with E-state index in [-0.39, 0.29) is 6.04 Å². The molecule has 0 spiro atoms. The molecule has 3 rings (SSSR count). The summed E-state index contributed by atoms with van der Waals surface area (Å²) in [6.45, 7) is 5.92.